The Kier molecular flexibility index (Phi) is 3.56. The fraction of sp³-hybridized carbons (Fsp3) is 0.188. The summed E-state index contributed by atoms with van der Waals surface area (Å²) in [6.45, 7) is 5.87. The van der Waals surface area contributed by atoms with Crippen molar-refractivity contribution in [3.63, 3.8) is 0 Å². The van der Waals surface area contributed by atoms with Crippen molar-refractivity contribution >= 4 is 5.97 Å². The van der Waals surface area contributed by atoms with E-state index in [-0.39, 0.29) is 5.56 Å². The van der Waals surface area contributed by atoms with Crippen LogP contribution in [0.2, 0.25) is 0 Å². The second-order valence-electron chi connectivity index (χ2n) is 4.71. The number of hydrogen-bond donors (Lipinski definition) is 1. The lowest BCUT2D eigenvalue weighted by molar-refractivity contribution is 0.0697. The standard InChI is InChI=1S/C16H16O3/c1-10-6-11(2)8-14(7-10)19-15-5-4-13(16(17)18)9-12(15)3/h4-9H,1-3H3,(H,17,18). The van der Waals surface area contributed by atoms with Crippen molar-refractivity contribution in [3.05, 3.63) is 58.7 Å². The molecule has 3 heteroatoms. The first-order valence-electron chi connectivity index (χ1n) is 6.06. The van der Waals surface area contributed by atoms with Gasteiger partial charge in [-0.2, -0.15) is 0 Å². The molecule has 0 fully saturated rings. The molecule has 0 unspecified atom stereocenters. The molecule has 3 nitrogen and oxygen atoms in total. The third kappa shape index (κ3) is 3.13. The summed E-state index contributed by atoms with van der Waals surface area (Å²) in [7, 11) is 0. The molecule has 0 aliphatic heterocycles. The number of rotatable bonds is 3. The molecule has 0 saturated carbocycles. The van der Waals surface area contributed by atoms with E-state index in [4.69, 9.17) is 9.84 Å². The van der Waals surface area contributed by atoms with E-state index < -0.39 is 5.97 Å². The van der Waals surface area contributed by atoms with E-state index in [0.717, 1.165) is 22.4 Å². The van der Waals surface area contributed by atoms with Crippen LogP contribution in [0.1, 0.15) is 27.0 Å². The van der Waals surface area contributed by atoms with Gasteiger partial charge in [0.25, 0.3) is 0 Å². The third-order valence-corrected chi connectivity index (χ3v) is 2.84. The lowest BCUT2D eigenvalue weighted by Gasteiger charge is -2.10. The van der Waals surface area contributed by atoms with E-state index in [1.54, 1.807) is 18.2 Å². The maximum Gasteiger partial charge on any atom is 0.335 e. The average Bonchev–Trinajstić information content (AvgIpc) is 2.30. The maximum atomic E-state index is 10.9. The summed E-state index contributed by atoms with van der Waals surface area (Å²) >= 11 is 0. The van der Waals surface area contributed by atoms with Gasteiger partial charge in [0.15, 0.2) is 0 Å². The summed E-state index contributed by atoms with van der Waals surface area (Å²) in [5, 5.41) is 8.92. The number of benzene rings is 2. The van der Waals surface area contributed by atoms with Gasteiger partial charge in [0, 0.05) is 0 Å². The molecule has 19 heavy (non-hydrogen) atoms. The molecule has 0 bridgehead atoms. The SMILES string of the molecule is Cc1cc(C)cc(Oc2ccc(C(=O)O)cc2C)c1. The molecule has 0 radical (unpaired) electrons. The zero-order valence-electron chi connectivity index (χ0n) is 11.2. The molecule has 0 aliphatic carbocycles. The molecule has 0 aromatic heterocycles. The minimum atomic E-state index is -0.930. The van der Waals surface area contributed by atoms with E-state index >= 15 is 0 Å². The number of aromatic carboxylic acids is 1. The van der Waals surface area contributed by atoms with Crippen molar-refractivity contribution in [2.24, 2.45) is 0 Å². The van der Waals surface area contributed by atoms with Crippen molar-refractivity contribution in [1.29, 1.82) is 0 Å². The third-order valence-electron chi connectivity index (χ3n) is 2.84. The predicted molar refractivity (Wildman–Crippen MR) is 74.1 cm³/mol. The largest absolute Gasteiger partial charge is 0.478 e. The summed E-state index contributed by atoms with van der Waals surface area (Å²) in [6.07, 6.45) is 0. The van der Waals surface area contributed by atoms with Crippen molar-refractivity contribution in [1.82, 2.24) is 0 Å². The van der Waals surface area contributed by atoms with Crippen LogP contribution in [0.4, 0.5) is 0 Å². The summed E-state index contributed by atoms with van der Waals surface area (Å²) in [5.74, 6) is 0.514. The van der Waals surface area contributed by atoms with Crippen molar-refractivity contribution in [3.8, 4) is 11.5 Å². The van der Waals surface area contributed by atoms with Gasteiger partial charge in [0.05, 0.1) is 5.56 Å². The second kappa shape index (κ2) is 5.14. The first kappa shape index (κ1) is 13.1. The van der Waals surface area contributed by atoms with E-state index in [2.05, 4.69) is 6.07 Å². The molecule has 0 spiro atoms. The Labute approximate surface area is 112 Å². The van der Waals surface area contributed by atoms with Gasteiger partial charge in [-0.25, -0.2) is 4.79 Å². The van der Waals surface area contributed by atoms with Gasteiger partial charge < -0.3 is 9.84 Å². The van der Waals surface area contributed by atoms with E-state index in [0.29, 0.717) is 5.75 Å². The van der Waals surface area contributed by atoms with Crippen LogP contribution in [0.15, 0.2) is 36.4 Å². The van der Waals surface area contributed by atoms with Crippen LogP contribution in [0.5, 0.6) is 11.5 Å². The van der Waals surface area contributed by atoms with Crippen LogP contribution in [-0.4, -0.2) is 11.1 Å². The minimum Gasteiger partial charge on any atom is -0.478 e. The molecule has 0 aliphatic rings. The molecule has 2 aromatic rings. The molecular formula is C16H16O3. The summed E-state index contributed by atoms with van der Waals surface area (Å²) < 4.78 is 5.81. The molecule has 1 N–H and O–H groups in total. The van der Waals surface area contributed by atoms with Crippen molar-refractivity contribution in [2.45, 2.75) is 20.8 Å². The smallest absolute Gasteiger partial charge is 0.335 e. The Balaban J connectivity index is 2.30. The summed E-state index contributed by atoms with van der Waals surface area (Å²) in [4.78, 5) is 10.9. The summed E-state index contributed by atoms with van der Waals surface area (Å²) in [6, 6.07) is 10.8. The van der Waals surface area contributed by atoms with Crippen LogP contribution in [-0.2, 0) is 0 Å². The number of carbonyl (C=O) groups is 1. The van der Waals surface area contributed by atoms with E-state index in [1.807, 2.05) is 32.9 Å². The van der Waals surface area contributed by atoms with Gasteiger partial charge in [0.1, 0.15) is 11.5 Å². The molecule has 98 valence electrons. The van der Waals surface area contributed by atoms with Gasteiger partial charge >= 0.3 is 5.97 Å². The average molecular weight is 256 g/mol. The highest BCUT2D eigenvalue weighted by Crippen LogP contribution is 2.27. The highest BCUT2D eigenvalue weighted by Gasteiger charge is 2.07. The molecular weight excluding hydrogens is 240 g/mol. The molecule has 0 atom stereocenters. The predicted octanol–water partition coefficient (Wildman–Crippen LogP) is 4.10. The van der Waals surface area contributed by atoms with Crippen LogP contribution >= 0.6 is 0 Å². The second-order valence-corrected chi connectivity index (χ2v) is 4.71. The Bertz CT molecular complexity index is 610. The lowest BCUT2D eigenvalue weighted by Crippen LogP contribution is -1.97. The molecule has 0 heterocycles. The van der Waals surface area contributed by atoms with Crippen LogP contribution in [0, 0.1) is 20.8 Å². The highest BCUT2D eigenvalue weighted by molar-refractivity contribution is 5.88. The van der Waals surface area contributed by atoms with Gasteiger partial charge in [-0.3, -0.25) is 0 Å². The first-order chi connectivity index (χ1) is 8.95. The number of carboxylic acids is 1. The number of aryl methyl sites for hydroxylation is 3. The lowest BCUT2D eigenvalue weighted by atomic mass is 10.1. The fourth-order valence-electron chi connectivity index (χ4n) is 2.02. The van der Waals surface area contributed by atoms with Crippen molar-refractivity contribution in [2.75, 3.05) is 0 Å². The molecule has 2 rings (SSSR count). The Morgan fingerprint density at radius 2 is 1.63 bits per heavy atom. The van der Waals surface area contributed by atoms with Crippen molar-refractivity contribution < 1.29 is 14.6 Å². The Morgan fingerprint density at radius 3 is 2.16 bits per heavy atom. The number of ether oxygens (including phenoxy) is 1. The monoisotopic (exact) mass is 256 g/mol. The number of hydrogen-bond acceptors (Lipinski definition) is 2. The molecule has 0 saturated heterocycles. The molecule has 0 amide bonds. The topological polar surface area (TPSA) is 46.5 Å². The normalized spacial score (nSPS) is 10.3. The maximum absolute atomic E-state index is 10.9. The van der Waals surface area contributed by atoms with Crippen LogP contribution < -0.4 is 4.74 Å². The minimum absolute atomic E-state index is 0.269. The fourth-order valence-corrected chi connectivity index (χ4v) is 2.02. The van der Waals surface area contributed by atoms with Crippen LogP contribution in [0.3, 0.4) is 0 Å². The summed E-state index contributed by atoms with van der Waals surface area (Å²) in [5.41, 5.74) is 3.34. The van der Waals surface area contributed by atoms with Crippen LogP contribution in [0.25, 0.3) is 0 Å². The zero-order chi connectivity index (χ0) is 14.0. The zero-order valence-corrected chi connectivity index (χ0v) is 11.2. The highest BCUT2D eigenvalue weighted by atomic mass is 16.5. The Hall–Kier alpha value is -2.29. The van der Waals surface area contributed by atoms with E-state index in [9.17, 15) is 4.79 Å². The van der Waals surface area contributed by atoms with Gasteiger partial charge in [-0.15, -0.1) is 0 Å². The quantitative estimate of drug-likeness (QED) is 0.899. The van der Waals surface area contributed by atoms with Gasteiger partial charge in [-0.1, -0.05) is 6.07 Å². The van der Waals surface area contributed by atoms with E-state index in [1.165, 1.54) is 0 Å². The number of carboxylic acid groups (broad SMARTS) is 1. The molecule has 2 aromatic carbocycles. The Morgan fingerprint density at radius 1 is 1.00 bits per heavy atom. The van der Waals surface area contributed by atoms with Gasteiger partial charge in [0.2, 0.25) is 0 Å². The van der Waals surface area contributed by atoms with Gasteiger partial charge in [-0.05, 0) is 67.8 Å². The first-order valence-corrected chi connectivity index (χ1v) is 6.06.